The van der Waals surface area contributed by atoms with Gasteiger partial charge in [0.15, 0.2) is 0 Å². The minimum atomic E-state index is -3.51. The Balaban J connectivity index is 3.19. The molecule has 0 amide bonds. The number of esters is 1. The summed E-state index contributed by atoms with van der Waals surface area (Å²) in [7, 11) is -2.05. The highest BCUT2D eigenvalue weighted by molar-refractivity contribution is 7.57. The van der Waals surface area contributed by atoms with Gasteiger partial charge in [0.1, 0.15) is 18.1 Å². The summed E-state index contributed by atoms with van der Waals surface area (Å²) in [5, 5.41) is 2.84. The molecule has 1 unspecified atom stereocenters. The molecule has 0 fully saturated rings. The van der Waals surface area contributed by atoms with Gasteiger partial charge in [0.2, 0.25) is 0 Å². The highest BCUT2D eigenvalue weighted by Crippen LogP contribution is 2.48. The molecule has 28 heavy (non-hydrogen) atoms. The second kappa shape index (κ2) is 11.0. The smallest absolute Gasteiger partial charge is 0.342 e. The van der Waals surface area contributed by atoms with Crippen LogP contribution in [0.5, 0.6) is 5.75 Å². The minimum absolute atomic E-state index is 0.155. The molecule has 0 saturated heterocycles. The molecule has 160 valence electrons. The molecule has 0 saturated carbocycles. The van der Waals surface area contributed by atoms with Crippen LogP contribution >= 0.6 is 7.52 Å². The number of rotatable bonds is 11. The van der Waals surface area contributed by atoms with E-state index in [1.165, 1.54) is 7.11 Å². The van der Waals surface area contributed by atoms with Gasteiger partial charge >= 0.3 is 13.5 Å². The average Bonchev–Trinajstić information content (AvgIpc) is 2.61. The van der Waals surface area contributed by atoms with E-state index in [1.54, 1.807) is 6.92 Å². The lowest BCUT2D eigenvalue weighted by atomic mass is 9.94. The lowest BCUT2D eigenvalue weighted by molar-refractivity contribution is -0.149. The number of benzene rings is 1. The van der Waals surface area contributed by atoms with Crippen molar-refractivity contribution in [2.75, 3.05) is 13.5 Å². The van der Waals surface area contributed by atoms with E-state index in [2.05, 4.69) is 32.8 Å². The van der Waals surface area contributed by atoms with Gasteiger partial charge in [-0.15, -0.1) is 0 Å². The molecule has 0 aromatic heterocycles. The maximum atomic E-state index is 13.5. The van der Waals surface area contributed by atoms with Crippen LogP contribution in [-0.4, -0.2) is 31.6 Å². The molecule has 0 bridgehead atoms. The van der Waals surface area contributed by atoms with Crippen LogP contribution in [0.25, 0.3) is 0 Å². The molecular weight excluding hydrogens is 377 g/mol. The summed E-state index contributed by atoms with van der Waals surface area (Å²) in [6.07, 6.45) is 0.357. The van der Waals surface area contributed by atoms with Crippen molar-refractivity contribution in [3.63, 3.8) is 0 Å². The molecule has 0 heterocycles. The standard InChI is InChI=1S/C21H36NO5P/c1-9-16(6)26-21(23)17(7)22-28(24,13-25-8)27-20-18(14(2)3)11-10-12-19(20)15(4)5/h10-12,14-17H,9,13H2,1-8H3,(H,22,24)/t16-,17-,28?/m0/s1. The zero-order chi connectivity index (χ0) is 21.5. The molecule has 3 atom stereocenters. The maximum absolute atomic E-state index is 13.5. The van der Waals surface area contributed by atoms with Crippen molar-refractivity contribution in [3.8, 4) is 5.75 Å². The van der Waals surface area contributed by atoms with Gasteiger partial charge in [0.05, 0.1) is 6.10 Å². The zero-order valence-corrected chi connectivity index (χ0v) is 19.3. The molecule has 6 nitrogen and oxygen atoms in total. The first-order valence-electron chi connectivity index (χ1n) is 9.93. The first-order chi connectivity index (χ1) is 13.0. The van der Waals surface area contributed by atoms with Crippen molar-refractivity contribution in [2.45, 2.75) is 78.9 Å². The molecule has 0 spiro atoms. The molecule has 7 heteroatoms. The van der Waals surface area contributed by atoms with Crippen molar-refractivity contribution in [1.82, 2.24) is 5.09 Å². The number of carbonyl (C=O) groups is 1. The Labute approximate surface area is 169 Å². The van der Waals surface area contributed by atoms with Gasteiger partial charge in [-0.2, -0.15) is 0 Å². The number of ether oxygens (including phenoxy) is 2. The third-order valence-corrected chi connectivity index (χ3v) is 6.35. The number of hydrogen-bond donors (Lipinski definition) is 1. The van der Waals surface area contributed by atoms with E-state index in [1.807, 2.05) is 32.0 Å². The molecule has 0 aliphatic heterocycles. The molecule has 1 rings (SSSR count). The van der Waals surface area contributed by atoms with Gasteiger partial charge in [-0.05, 0) is 43.2 Å². The molecule has 0 aliphatic rings. The topological polar surface area (TPSA) is 73.9 Å². The van der Waals surface area contributed by atoms with Crippen LogP contribution < -0.4 is 9.61 Å². The van der Waals surface area contributed by atoms with Gasteiger partial charge in [0.25, 0.3) is 0 Å². The van der Waals surface area contributed by atoms with Crippen LogP contribution in [-0.2, 0) is 18.8 Å². The van der Waals surface area contributed by atoms with Crippen molar-refractivity contribution >= 4 is 13.5 Å². The van der Waals surface area contributed by atoms with E-state index in [9.17, 15) is 9.36 Å². The van der Waals surface area contributed by atoms with Crippen LogP contribution in [0.15, 0.2) is 18.2 Å². The first-order valence-corrected chi connectivity index (χ1v) is 11.7. The quantitative estimate of drug-likeness (QED) is 0.385. The summed E-state index contributed by atoms with van der Waals surface area (Å²) in [6, 6.07) is 5.15. The van der Waals surface area contributed by atoms with Crippen LogP contribution in [0.3, 0.4) is 0 Å². The fraction of sp³-hybridized carbons (Fsp3) is 0.667. The van der Waals surface area contributed by atoms with E-state index in [0.717, 1.165) is 11.1 Å². The monoisotopic (exact) mass is 413 g/mol. The Bertz CT molecular complexity index is 663. The zero-order valence-electron chi connectivity index (χ0n) is 18.4. The Morgan fingerprint density at radius 1 is 1.07 bits per heavy atom. The predicted molar refractivity (Wildman–Crippen MR) is 113 cm³/mol. The highest BCUT2D eigenvalue weighted by atomic mass is 31.2. The van der Waals surface area contributed by atoms with Gasteiger partial charge < -0.3 is 14.0 Å². The fourth-order valence-corrected chi connectivity index (χ4v) is 4.45. The van der Waals surface area contributed by atoms with E-state index in [-0.39, 0.29) is 24.3 Å². The Morgan fingerprint density at radius 2 is 1.61 bits per heavy atom. The van der Waals surface area contributed by atoms with Crippen LogP contribution in [0.4, 0.5) is 0 Å². The average molecular weight is 413 g/mol. The van der Waals surface area contributed by atoms with Gasteiger partial charge in [-0.1, -0.05) is 52.8 Å². The third kappa shape index (κ3) is 6.91. The first kappa shape index (κ1) is 24.7. The number of hydrogen-bond acceptors (Lipinski definition) is 5. The van der Waals surface area contributed by atoms with Crippen molar-refractivity contribution in [1.29, 1.82) is 0 Å². The summed E-state index contributed by atoms with van der Waals surface area (Å²) in [5.74, 6) is 0.522. The summed E-state index contributed by atoms with van der Waals surface area (Å²) < 4.78 is 30.1. The normalized spacial score (nSPS) is 15.9. The SMILES string of the molecule is CC[C@H](C)OC(=O)[C@H](C)NP(=O)(COC)Oc1c(C(C)C)cccc1C(C)C. The van der Waals surface area contributed by atoms with Crippen molar-refractivity contribution in [3.05, 3.63) is 29.3 Å². The van der Waals surface area contributed by atoms with Crippen LogP contribution in [0.2, 0.25) is 0 Å². The Hall–Kier alpha value is -1.36. The summed E-state index contributed by atoms with van der Waals surface area (Å²) in [6.45, 7) is 13.6. The summed E-state index contributed by atoms with van der Waals surface area (Å²) >= 11 is 0. The Kier molecular flexibility index (Phi) is 9.68. The fourth-order valence-electron chi connectivity index (χ4n) is 2.73. The van der Waals surface area contributed by atoms with Crippen LogP contribution in [0.1, 0.15) is 77.8 Å². The minimum Gasteiger partial charge on any atom is -0.462 e. The number of methoxy groups -OCH3 is 1. The number of carbonyl (C=O) groups excluding carboxylic acids is 1. The third-order valence-electron chi connectivity index (χ3n) is 4.49. The molecule has 1 aromatic rings. The van der Waals surface area contributed by atoms with E-state index >= 15 is 0 Å². The van der Waals surface area contributed by atoms with Crippen molar-refractivity contribution in [2.24, 2.45) is 0 Å². The number of nitrogens with one attached hydrogen (secondary N) is 1. The Morgan fingerprint density at radius 3 is 2.04 bits per heavy atom. The summed E-state index contributed by atoms with van der Waals surface area (Å²) in [4.78, 5) is 12.3. The van der Waals surface area contributed by atoms with Gasteiger partial charge in [-0.25, -0.2) is 5.09 Å². The largest absolute Gasteiger partial charge is 0.462 e. The maximum Gasteiger partial charge on any atom is 0.342 e. The number of para-hydroxylation sites is 1. The summed E-state index contributed by atoms with van der Waals surface area (Å²) in [5.41, 5.74) is 1.94. The lowest BCUT2D eigenvalue weighted by Gasteiger charge is -2.27. The molecule has 0 radical (unpaired) electrons. The van der Waals surface area contributed by atoms with E-state index < -0.39 is 19.5 Å². The van der Waals surface area contributed by atoms with Crippen LogP contribution in [0, 0.1) is 0 Å². The lowest BCUT2D eigenvalue weighted by Crippen LogP contribution is -2.37. The molecule has 1 aromatic carbocycles. The second-order valence-electron chi connectivity index (χ2n) is 7.76. The molecule has 1 N–H and O–H groups in total. The second-order valence-corrected chi connectivity index (χ2v) is 9.81. The van der Waals surface area contributed by atoms with Gasteiger partial charge in [-0.3, -0.25) is 9.36 Å². The van der Waals surface area contributed by atoms with Gasteiger partial charge in [0, 0.05) is 7.11 Å². The van der Waals surface area contributed by atoms with E-state index in [0.29, 0.717) is 12.2 Å². The van der Waals surface area contributed by atoms with Crippen molar-refractivity contribution < 1.29 is 23.4 Å². The van der Waals surface area contributed by atoms with E-state index in [4.69, 9.17) is 14.0 Å². The predicted octanol–water partition coefficient (Wildman–Crippen LogP) is 5.43. The molecular formula is C21H36NO5P. The molecule has 0 aliphatic carbocycles. The highest BCUT2D eigenvalue weighted by Gasteiger charge is 2.33.